The molecule has 2 heterocycles. The van der Waals surface area contributed by atoms with E-state index >= 15 is 0 Å². The Bertz CT molecular complexity index is 564. The van der Waals surface area contributed by atoms with Gasteiger partial charge in [0.05, 0.1) is 18.7 Å². The average molecular weight is 257 g/mol. The molecule has 0 radical (unpaired) electrons. The molecule has 1 aromatic heterocycles. The second-order valence-electron chi connectivity index (χ2n) is 4.95. The molecule has 1 fully saturated rings. The van der Waals surface area contributed by atoms with Crippen LogP contribution >= 0.6 is 0 Å². The van der Waals surface area contributed by atoms with Gasteiger partial charge in [0.2, 0.25) is 0 Å². The largest absolute Gasteiger partial charge is 0.378 e. The van der Waals surface area contributed by atoms with Gasteiger partial charge in [-0.1, -0.05) is 18.2 Å². The topological polar surface area (TPSA) is 46.2 Å². The van der Waals surface area contributed by atoms with E-state index in [1.807, 2.05) is 18.2 Å². The van der Waals surface area contributed by atoms with Crippen molar-refractivity contribution in [2.45, 2.75) is 13.0 Å². The summed E-state index contributed by atoms with van der Waals surface area (Å²) in [7, 11) is 0. The number of benzene rings is 1. The second-order valence-corrected chi connectivity index (χ2v) is 4.95. The number of anilines is 1. The van der Waals surface area contributed by atoms with Crippen LogP contribution in [0, 0.1) is 6.92 Å². The SMILES string of the molecule is Cc1cc2ccccc2nc1NCC1COCCN1. The summed E-state index contributed by atoms with van der Waals surface area (Å²) in [6.07, 6.45) is 0. The van der Waals surface area contributed by atoms with Gasteiger partial charge >= 0.3 is 0 Å². The van der Waals surface area contributed by atoms with Crippen molar-refractivity contribution in [2.24, 2.45) is 0 Å². The van der Waals surface area contributed by atoms with Gasteiger partial charge in [-0.15, -0.1) is 0 Å². The number of aryl methyl sites for hydroxylation is 1. The van der Waals surface area contributed by atoms with Crippen molar-refractivity contribution in [1.29, 1.82) is 0 Å². The molecular weight excluding hydrogens is 238 g/mol. The first-order valence-electron chi connectivity index (χ1n) is 6.74. The fraction of sp³-hybridized carbons (Fsp3) is 0.400. The Labute approximate surface area is 113 Å². The van der Waals surface area contributed by atoms with Gasteiger partial charge in [-0.3, -0.25) is 0 Å². The van der Waals surface area contributed by atoms with Crippen LogP contribution in [-0.4, -0.2) is 37.3 Å². The van der Waals surface area contributed by atoms with Gasteiger partial charge in [-0.2, -0.15) is 0 Å². The molecular formula is C15H19N3O. The van der Waals surface area contributed by atoms with E-state index in [1.165, 1.54) is 10.9 Å². The van der Waals surface area contributed by atoms with Gasteiger partial charge < -0.3 is 15.4 Å². The molecule has 3 rings (SSSR count). The molecule has 4 nitrogen and oxygen atoms in total. The molecule has 1 aromatic carbocycles. The number of pyridine rings is 1. The number of hydrogen-bond acceptors (Lipinski definition) is 4. The maximum Gasteiger partial charge on any atom is 0.129 e. The molecule has 1 saturated heterocycles. The minimum absolute atomic E-state index is 0.362. The van der Waals surface area contributed by atoms with E-state index in [0.717, 1.165) is 37.6 Å². The molecule has 0 bridgehead atoms. The molecule has 19 heavy (non-hydrogen) atoms. The van der Waals surface area contributed by atoms with Gasteiger partial charge in [0.15, 0.2) is 0 Å². The Morgan fingerprint density at radius 1 is 1.42 bits per heavy atom. The molecule has 2 N–H and O–H groups in total. The summed E-state index contributed by atoms with van der Waals surface area (Å²) >= 11 is 0. The molecule has 2 aromatic rings. The van der Waals surface area contributed by atoms with Crippen LogP contribution in [0.25, 0.3) is 10.9 Å². The van der Waals surface area contributed by atoms with Crippen molar-refractivity contribution < 1.29 is 4.74 Å². The normalized spacial score (nSPS) is 19.5. The molecule has 0 spiro atoms. The number of morpholine rings is 1. The van der Waals surface area contributed by atoms with E-state index in [9.17, 15) is 0 Å². The zero-order valence-corrected chi connectivity index (χ0v) is 11.1. The van der Waals surface area contributed by atoms with E-state index in [1.54, 1.807) is 0 Å². The molecule has 1 atom stereocenters. The van der Waals surface area contributed by atoms with Crippen molar-refractivity contribution in [3.8, 4) is 0 Å². The van der Waals surface area contributed by atoms with Crippen LogP contribution in [0.1, 0.15) is 5.56 Å². The second kappa shape index (κ2) is 5.55. The maximum atomic E-state index is 5.45. The number of fused-ring (bicyclic) bond motifs is 1. The highest BCUT2D eigenvalue weighted by Gasteiger charge is 2.13. The molecule has 100 valence electrons. The van der Waals surface area contributed by atoms with Crippen LogP contribution in [0.3, 0.4) is 0 Å². The van der Waals surface area contributed by atoms with E-state index in [0.29, 0.717) is 6.04 Å². The Hall–Kier alpha value is -1.65. The average Bonchev–Trinajstić information content (AvgIpc) is 2.46. The van der Waals surface area contributed by atoms with Crippen LogP contribution < -0.4 is 10.6 Å². The molecule has 0 aliphatic carbocycles. The fourth-order valence-electron chi connectivity index (χ4n) is 2.37. The van der Waals surface area contributed by atoms with Crippen LogP contribution in [0.2, 0.25) is 0 Å². The van der Waals surface area contributed by atoms with E-state index in [-0.39, 0.29) is 0 Å². The highest BCUT2D eigenvalue weighted by molar-refractivity contribution is 5.81. The van der Waals surface area contributed by atoms with Crippen LogP contribution in [0.15, 0.2) is 30.3 Å². The molecule has 1 aliphatic heterocycles. The lowest BCUT2D eigenvalue weighted by atomic mass is 10.1. The third kappa shape index (κ3) is 2.85. The van der Waals surface area contributed by atoms with Crippen molar-refractivity contribution in [3.05, 3.63) is 35.9 Å². The third-order valence-electron chi connectivity index (χ3n) is 3.43. The number of nitrogens with zero attached hydrogens (tertiary/aromatic N) is 1. The summed E-state index contributed by atoms with van der Waals surface area (Å²) in [6.45, 7) is 5.43. The Kier molecular flexibility index (Phi) is 3.62. The quantitative estimate of drug-likeness (QED) is 0.882. The fourth-order valence-corrected chi connectivity index (χ4v) is 2.37. The van der Waals surface area contributed by atoms with Gasteiger partial charge in [0.1, 0.15) is 5.82 Å². The molecule has 1 aliphatic rings. The summed E-state index contributed by atoms with van der Waals surface area (Å²) in [5.41, 5.74) is 2.21. The first-order valence-corrected chi connectivity index (χ1v) is 6.74. The smallest absolute Gasteiger partial charge is 0.129 e. The summed E-state index contributed by atoms with van der Waals surface area (Å²) < 4.78 is 5.45. The number of para-hydroxylation sites is 1. The molecule has 1 unspecified atom stereocenters. The molecule has 0 saturated carbocycles. The van der Waals surface area contributed by atoms with Crippen LogP contribution in [0.5, 0.6) is 0 Å². The third-order valence-corrected chi connectivity index (χ3v) is 3.43. The van der Waals surface area contributed by atoms with Crippen molar-refractivity contribution in [3.63, 3.8) is 0 Å². The summed E-state index contributed by atoms with van der Waals surface area (Å²) in [6, 6.07) is 10.7. The van der Waals surface area contributed by atoms with Crippen LogP contribution in [0.4, 0.5) is 5.82 Å². The summed E-state index contributed by atoms with van der Waals surface area (Å²) in [5.74, 6) is 0.964. The summed E-state index contributed by atoms with van der Waals surface area (Å²) in [5, 5.41) is 8.04. The Morgan fingerprint density at radius 3 is 3.16 bits per heavy atom. The van der Waals surface area contributed by atoms with Gasteiger partial charge in [0, 0.05) is 24.5 Å². The van der Waals surface area contributed by atoms with Crippen molar-refractivity contribution in [1.82, 2.24) is 10.3 Å². The number of ether oxygens (including phenoxy) is 1. The lowest BCUT2D eigenvalue weighted by Crippen LogP contribution is -2.45. The zero-order chi connectivity index (χ0) is 13.1. The zero-order valence-electron chi connectivity index (χ0n) is 11.1. The number of hydrogen-bond donors (Lipinski definition) is 2. The Balaban J connectivity index is 1.74. The minimum Gasteiger partial charge on any atom is -0.378 e. The van der Waals surface area contributed by atoms with E-state index in [4.69, 9.17) is 4.74 Å². The van der Waals surface area contributed by atoms with Crippen molar-refractivity contribution in [2.75, 3.05) is 31.6 Å². The van der Waals surface area contributed by atoms with E-state index in [2.05, 4.69) is 34.7 Å². The number of rotatable bonds is 3. The molecule has 4 heteroatoms. The highest BCUT2D eigenvalue weighted by atomic mass is 16.5. The van der Waals surface area contributed by atoms with Gasteiger partial charge in [-0.05, 0) is 24.6 Å². The maximum absolute atomic E-state index is 5.45. The van der Waals surface area contributed by atoms with Gasteiger partial charge in [0.25, 0.3) is 0 Å². The summed E-state index contributed by atoms with van der Waals surface area (Å²) in [4.78, 5) is 4.68. The number of aromatic nitrogens is 1. The molecule has 0 amide bonds. The van der Waals surface area contributed by atoms with Gasteiger partial charge in [-0.25, -0.2) is 4.98 Å². The standard InChI is InChI=1S/C15H19N3O/c1-11-8-12-4-2-3-5-14(12)18-15(11)17-9-13-10-19-7-6-16-13/h2-5,8,13,16H,6-7,9-10H2,1H3,(H,17,18). The predicted octanol–water partition coefficient (Wildman–Crippen LogP) is 1.94. The predicted molar refractivity (Wildman–Crippen MR) is 77.6 cm³/mol. The first-order chi connectivity index (χ1) is 9.33. The Morgan fingerprint density at radius 2 is 2.32 bits per heavy atom. The van der Waals surface area contributed by atoms with Crippen LogP contribution in [-0.2, 0) is 4.74 Å². The van der Waals surface area contributed by atoms with E-state index < -0.39 is 0 Å². The number of nitrogens with one attached hydrogen (secondary N) is 2. The minimum atomic E-state index is 0.362. The monoisotopic (exact) mass is 257 g/mol. The lowest BCUT2D eigenvalue weighted by molar-refractivity contribution is 0.0806. The lowest BCUT2D eigenvalue weighted by Gasteiger charge is -2.24. The highest BCUT2D eigenvalue weighted by Crippen LogP contribution is 2.19. The van der Waals surface area contributed by atoms with Crippen molar-refractivity contribution >= 4 is 16.7 Å². The first kappa shape index (κ1) is 12.4.